The number of oxazole rings is 1. The van der Waals surface area contributed by atoms with Crippen molar-refractivity contribution in [1.82, 2.24) is 20.2 Å². The number of pyridine rings is 1. The van der Waals surface area contributed by atoms with Crippen molar-refractivity contribution in [2.75, 3.05) is 19.6 Å². The molecule has 2 aromatic heterocycles. The van der Waals surface area contributed by atoms with Gasteiger partial charge in [-0.25, -0.2) is 14.4 Å². The molecule has 1 saturated carbocycles. The van der Waals surface area contributed by atoms with Crippen LogP contribution in [0, 0.1) is 6.92 Å². The highest BCUT2D eigenvalue weighted by molar-refractivity contribution is 5.77. The minimum atomic E-state index is -4.45. The number of carbonyl (C=O) groups excluding carboxylic acids is 1. The molecule has 1 unspecified atom stereocenters. The Labute approximate surface area is 214 Å². The highest BCUT2D eigenvalue weighted by Gasteiger charge is 2.38. The van der Waals surface area contributed by atoms with E-state index < -0.39 is 17.9 Å². The van der Waals surface area contributed by atoms with Gasteiger partial charge in [-0.15, -0.1) is 0 Å². The first-order valence-electron chi connectivity index (χ1n) is 12.8. The van der Waals surface area contributed by atoms with Crippen LogP contribution in [0.5, 0.6) is 5.88 Å². The zero-order valence-corrected chi connectivity index (χ0v) is 21.2. The lowest BCUT2D eigenvalue weighted by Gasteiger charge is -2.35. The molecule has 11 heteroatoms. The average molecular weight is 527 g/mol. The van der Waals surface area contributed by atoms with Crippen LogP contribution >= 0.6 is 0 Å². The van der Waals surface area contributed by atoms with Gasteiger partial charge in [0.05, 0.1) is 6.20 Å². The van der Waals surface area contributed by atoms with Gasteiger partial charge in [-0.2, -0.15) is 13.2 Å². The first-order chi connectivity index (χ1) is 17.5. The van der Waals surface area contributed by atoms with Crippen molar-refractivity contribution in [3.8, 4) is 5.88 Å². The first kappa shape index (κ1) is 27.3. The molecule has 4 rings (SSSR count). The van der Waals surface area contributed by atoms with E-state index in [2.05, 4.69) is 20.2 Å². The lowest BCUT2D eigenvalue weighted by molar-refractivity contribution is -0.190. The lowest BCUT2D eigenvalue weighted by Crippen LogP contribution is -2.43. The number of hydrogen-bond donors (Lipinski definition) is 1. The number of aromatic nitrogens is 2. The minimum absolute atomic E-state index is 0.0286. The SMILES string of the molecule is Cc1cnc(CC(=O)NC2CCC(F)(CCN3CCc4ccc(OC(C)C(F)(F)F)nc4CC3)CC2)o1. The number of hydrogen-bond acceptors (Lipinski definition) is 6. The fraction of sp³-hybridized carbons (Fsp3) is 0.654. The first-order valence-corrected chi connectivity index (χ1v) is 12.8. The summed E-state index contributed by atoms with van der Waals surface area (Å²) in [6.07, 6.45) is -1.09. The van der Waals surface area contributed by atoms with Gasteiger partial charge in [-0.1, -0.05) is 6.07 Å². The molecular formula is C26H34F4N4O3. The highest BCUT2D eigenvalue weighted by Crippen LogP contribution is 2.35. The second-order valence-electron chi connectivity index (χ2n) is 10.2. The summed E-state index contributed by atoms with van der Waals surface area (Å²) in [4.78, 5) is 22.8. The normalized spacial score (nSPS) is 23.7. The molecule has 2 aliphatic rings. The summed E-state index contributed by atoms with van der Waals surface area (Å²) in [5, 5.41) is 2.97. The summed E-state index contributed by atoms with van der Waals surface area (Å²) in [7, 11) is 0. The average Bonchev–Trinajstić information content (AvgIpc) is 3.13. The quantitative estimate of drug-likeness (QED) is 0.510. The Morgan fingerprint density at radius 2 is 2.00 bits per heavy atom. The molecule has 1 aliphatic heterocycles. The number of halogens is 4. The number of nitrogens with zero attached hydrogens (tertiary/aromatic N) is 3. The molecule has 1 amide bonds. The topological polar surface area (TPSA) is 80.5 Å². The molecule has 7 nitrogen and oxygen atoms in total. The molecule has 1 N–H and O–H groups in total. The van der Waals surface area contributed by atoms with Gasteiger partial charge in [0.25, 0.3) is 0 Å². The summed E-state index contributed by atoms with van der Waals surface area (Å²) < 4.78 is 64.3. The predicted octanol–water partition coefficient (Wildman–Crippen LogP) is 4.51. The van der Waals surface area contributed by atoms with Crippen molar-refractivity contribution in [1.29, 1.82) is 0 Å². The predicted molar refractivity (Wildman–Crippen MR) is 128 cm³/mol. The summed E-state index contributed by atoms with van der Waals surface area (Å²) in [6, 6.07) is 3.21. The summed E-state index contributed by atoms with van der Waals surface area (Å²) in [5.74, 6) is 0.832. The van der Waals surface area contributed by atoms with E-state index in [1.165, 1.54) is 6.07 Å². The fourth-order valence-corrected chi connectivity index (χ4v) is 4.93. The Kier molecular flexibility index (Phi) is 8.40. The van der Waals surface area contributed by atoms with E-state index in [0.29, 0.717) is 69.7 Å². The molecule has 0 spiro atoms. The van der Waals surface area contributed by atoms with Crippen LogP contribution in [0.1, 0.15) is 61.9 Å². The Morgan fingerprint density at radius 1 is 1.27 bits per heavy atom. The standard InChI is InChI=1S/C26H34F4N4O3/c1-17-16-31-24(36-17)15-22(35)32-20-5-9-25(27,10-6-20)11-14-34-12-7-19-3-4-23(33-21(19)8-13-34)37-18(2)26(28,29)30/h3-4,16,18,20H,5-15H2,1-2H3,(H,32,35). The Bertz CT molecular complexity index is 1070. The number of nitrogens with one attached hydrogen (secondary N) is 1. The number of rotatable bonds is 8. The number of aryl methyl sites for hydroxylation is 1. The van der Waals surface area contributed by atoms with E-state index in [4.69, 9.17) is 9.15 Å². The second-order valence-corrected chi connectivity index (χ2v) is 10.2. The van der Waals surface area contributed by atoms with Crippen molar-refractivity contribution in [3.05, 3.63) is 41.2 Å². The van der Waals surface area contributed by atoms with Gasteiger partial charge in [0.1, 0.15) is 17.8 Å². The molecule has 204 valence electrons. The number of amides is 1. The van der Waals surface area contributed by atoms with E-state index in [9.17, 15) is 18.0 Å². The Hall–Kier alpha value is -2.69. The molecule has 0 bridgehead atoms. The monoisotopic (exact) mass is 526 g/mol. The van der Waals surface area contributed by atoms with Crippen LogP contribution in [0.15, 0.2) is 22.7 Å². The fourth-order valence-electron chi connectivity index (χ4n) is 4.93. The number of alkyl halides is 4. The largest absolute Gasteiger partial charge is 0.465 e. The number of ether oxygens (including phenoxy) is 1. The van der Waals surface area contributed by atoms with Gasteiger partial charge < -0.3 is 19.4 Å². The number of carbonyl (C=O) groups is 1. The molecular weight excluding hydrogens is 492 g/mol. The van der Waals surface area contributed by atoms with E-state index in [1.807, 2.05) is 0 Å². The molecule has 37 heavy (non-hydrogen) atoms. The van der Waals surface area contributed by atoms with Gasteiger partial charge in [0, 0.05) is 43.9 Å². The minimum Gasteiger partial charge on any atom is -0.465 e. The van der Waals surface area contributed by atoms with Gasteiger partial charge in [-0.05, 0) is 57.9 Å². The van der Waals surface area contributed by atoms with E-state index >= 15 is 4.39 Å². The lowest BCUT2D eigenvalue weighted by atomic mass is 9.81. The Morgan fingerprint density at radius 3 is 2.68 bits per heavy atom. The molecule has 1 fully saturated rings. The van der Waals surface area contributed by atoms with Crippen molar-refractivity contribution < 1.29 is 31.5 Å². The maximum absolute atomic E-state index is 15.5. The summed E-state index contributed by atoms with van der Waals surface area (Å²) >= 11 is 0. The summed E-state index contributed by atoms with van der Waals surface area (Å²) in [6.45, 7) is 4.73. The van der Waals surface area contributed by atoms with E-state index in [0.717, 1.165) is 24.7 Å². The third-order valence-electron chi connectivity index (χ3n) is 7.27. The summed E-state index contributed by atoms with van der Waals surface area (Å²) in [5.41, 5.74) is 0.452. The zero-order valence-electron chi connectivity index (χ0n) is 21.2. The third-order valence-corrected chi connectivity index (χ3v) is 7.27. The molecule has 2 aromatic rings. The van der Waals surface area contributed by atoms with Crippen LogP contribution in [-0.2, 0) is 24.1 Å². The van der Waals surface area contributed by atoms with Gasteiger partial charge in [0.2, 0.25) is 17.7 Å². The van der Waals surface area contributed by atoms with Crippen LogP contribution < -0.4 is 10.1 Å². The van der Waals surface area contributed by atoms with Crippen LogP contribution in [0.4, 0.5) is 17.6 Å². The van der Waals surface area contributed by atoms with Crippen LogP contribution in [-0.4, -0.2) is 64.4 Å². The van der Waals surface area contributed by atoms with Crippen LogP contribution in [0.3, 0.4) is 0 Å². The maximum atomic E-state index is 15.5. The third kappa shape index (κ3) is 7.66. The molecule has 0 aromatic carbocycles. The molecule has 0 saturated heterocycles. The van der Waals surface area contributed by atoms with E-state index in [1.54, 1.807) is 19.2 Å². The van der Waals surface area contributed by atoms with Crippen molar-refractivity contribution in [2.45, 2.75) is 89.2 Å². The second kappa shape index (κ2) is 11.4. The molecule has 1 atom stereocenters. The van der Waals surface area contributed by atoms with Crippen molar-refractivity contribution >= 4 is 5.91 Å². The zero-order chi connectivity index (χ0) is 26.6. The van der Waals surface area contributed by atoms with Gasteiger partial charge in [0.15, 0.2) is 6.10 Å². The molecule has 1 aliphatic carbocycles. The highest BCUT2D eigenvalue weighted by atomic mass is 19.4. The van der Waals surface area contributed by atoms with Gasteiger partial charge in [-0.3, -0.25) is 4.79 Å². The Balaban J connectivity index is 1.21. The van der Waals surface area contributed by atoms with Crippen LogP contribution in [0.25, 0.3) is 0 Å². The molecule has 3 heterocycles. The van der Waals surface area contributed by atoms with Crippen molar-refractivity contribution in [2.24, 2.45) is 0 Å². The van der Waals surface area contributed by atoms with Crippen molar-refractivity contribution in [3.63, 3.8) is 0 Å². The van der Waals surface area contributed by atoms with Gasteiger partial charge >= 0.3 is 6.18 Å². The maximum Gasteiger partial charge on any atom is 0.425 e. The molecule has 0 radical (unpaired) electrons. The van der Waals surface area contributed by atoms with Crippen LogP contribution in [0.2, 0.25) is 0 Å². The van der Waals surface area contributed by atoms with E-state index in [-0.39, 0.29) is 24.2 Å². The smallest absolute Gasteiger partial charge is 0.425 e. The number of fused-ring (bicyclic) bond motifs is 1.